The van der Waals surface area contributed by atoms with Crippen molar-refractivity contribution >= 4 is 29.1 Å². The number of halogens is 2. The van der Waals surface area contributed by atoms with E-state index in [-0.39, 0.29) is 18.0 Å². The van der Waals surface area contributed by atoms with Crippen molar-refractivity contribution in [1.29, 1.82) is 0 Å². The van der Waals surface area contributed by atoms with E-state index < -0.39 is 0 Å². The Hall–Kier alpha value is -0.770. The first-order valence-corrected chi connectivity index (χ1v) is 7.36. The molecule has 2 N–H and O–H groups in total. The van der Waals surface area contributed by atoms with Crippen molar-refractivity contribution in [3.8, 4) is 0 Å². The minimum Gasteiger partial charge on any atom is -0.355 e. The molecule has 1 fully saturated rings. The molecule has 0 aromatic heterocycles. The summed E-state index contributed by atoms with van der Waals surface area (Å²) in [7, 11) is 0. The summed E-state index contributed by atoms with van der Waals surface area (Å²) in [5.41, 5.74) is 1.07. The summed E-state index contributed by atoms with van der Waals surface area (Å²) in [6, 6.07) is 5.61. The third kappa shape index (κ3) is 3.62. The van der Waals surface area contributed by atoms with Crippen LogP contribution in [0.4, 0.5) is 0 Å². The fourth-order valence-electron chi connectivity index (χ4n) is 2.35. The van der Waals surface area contributed by atoms with E-state index in [4.69, 9.17) is 23.2 Å². The highest BCUT2D eigenvalue weighted by Gasteiger charge is 2.24. The Balaban J connectivity index is 2.10. The molecule has 1 aromatic carbocycles. The minimum atomic E-state index is -0.117. The van der Waals surface area contributed by atoms with Crippen LogP contribution in [0.2, 0.25) is 10.0 Å². The highest BCUT2D eigenvalue weighted by molar-refractivity contribution is 6.42. The highest BCUT2D eigenvalue weighted by Crippen LogP contribution is 2.27. The van der Waals surface area contributed by atoms with E-state index in [1.54, 1.807) is 6.07 Å². The topological polar surface area (TPSA) is 41.1 Å². The molecular weight excluding hydrogens is 283 g/mol. The molecule has 0 saturated carbocycles. The number of benzene rings is 1. The standard InChI is InChI=1S/C14H18Cl2N2O/c1-2-12(9-5-6-10(15)11(16)8-9)18-13-4-3-7-17-14(13)19/h5-6,8,12-13,18H,2-4,7H2,1H3,(H,17,19). The zero-order valence-corrected chi connectivity index (χ0v) is 12.4. The van der Waals surface area contributed by atoms with E-state index in [9.17, 15) is 4.79 Å². The van der Waals surface area contributed by atoms with Gasteiger partial charge < -0.3 is 5.32 Å². The molecule has 2 unspecified atom stereocenters. The number of hydrogen-bond acceptors (Lipinski definition) is 2. The number of amides is 1. The lowest BCUT2D eigenvalue weighted by Crippen LogP contribution is -2.49. The molecule has 104 valence electrons. The van der Waals surface area contributed by atoms with Crippen molar-refractivity contribution in [1.82, 2.24) is 10.6 Å². The summed E-state index contributed by atoms with van der Waals surface area (Å²) in [6.45, 7) is 2.86. The molecule has 5 heteroatoms. The SMILES string of the molecule is CCC(NC1CCCNC1=O)c1ccc(Cl)c(Cl)c1. The van der Waals surface area contributed by atoms with Gasteiger partial charge in [0, 0.05) is 12.6 Å². The lowest BCUT2D eigenvalue weighted by atomic mass is 10.0. The van der Waals surface area contributed by atoms with Gasteiger partial charge in [-0.2, -0.15) is 0 Å². The molecular formula is C14H18Cl2N2O. The lowest BCUT2D eigenvalue weighted by Gasteiger charge is -2.28. The Morgan fingerprint density at radius 2 is 2.21 bits per heavy atom. The van der Waals surface area contributed by atoms with Crippen LogP contribution in [0.1, 0.15) is 37.8 Å². The summed E-state index contributed by atoms with van der Waals surface area (Å²) < 4.78 is 0. The lowest BCUT2D eigenvalue weighted by molar-refractivity contribution is -0.124. The minimum absolute atomic E-state index is 0.0877. The molecule has 0 radical (unpaired) electrons. The first kappa shape index (κ1) is 14.6. The normalized spacial score (nSPS) is 21.0. The van der Waals surface area contributed by atoms with Gasteiger partial charge in [0.1, 0.15) is 0 Å². The summed E-state index contributed by atoms with van der Waals surface area (Å²) in [4.78, 5) is 11.8. The van der Waals surface area contributed by atoms with Crippen LogP contribution in [-0.4, -0.2) is 18.5 Å². The number of nitrogens with one attached hydrogen (secondary N) is 2. The second kappa shape index (κ2) is 6.60. The average Bonchev–Trinajstić information content (AvgIpc) is 2.41. The largest absolute Gasteiger partial charge is 0.355 e. The van der Waals surface area contributed by atoms with Crippen molar-refractivity contribution < 1.29 is 4.79 Å². The number of carbonyl (C=O) groups is 1. The van der Waals surface area contributed by atoms with Crippen molar-refractivity contribution in [3.05, 3.63) is 33.8 Å². The zero-order valence-electron chi connectivity index (χ0n) is 10.9. The first-order valence-electron chi connectivity index (χ1n) is 6.60. The average molecular weight is 301 g/mol. The van der Waals surface area contributed by atoms with Crippen molar-refractivity contribution in [2.75, 3.05) is 6.54 Å². The maximum atomic E-state index is 11.8. The summed E-state index contributed by atoms with van der Waals surface area (Å²) in [6.07, 6.45) is 2.78. The molecule has 2 atom stereocenters. The molecule has 19 heavy (non-hydrogen) atoms. The van der Waals surface area contributed by atoms with Gasteiger partial charge in [0.15, 0.2) is 0 Å². The second-order valence-electron chi connectivity index (χ2n) is 4.79. The number of rotatable bonds is 4. The van der Waals surface area contributed by atoms with E-state index in [1.165, 1.54) is 0 Å². The monoisotopic (exact) mass is 300 g/mol. The first-order chi connectivity index (χ1) is 9.11. The Morgan fingerprint density at radius 1 is 1.42 bits per heavy atom. The maximum absolute atomic E-state index is 11.8. The molecule has 1 amide bonds. The molecule has 1 saturated heterocycles. The van der Waals surface area contributed by atoms with Crippen LogP contribution in [0.15, 0.2) is 18.2 Å². The van der Waals surface area contributed by atoms with Gasteiger partial charge >= 0.3 is 0 Å². The van der Waals surface area contributed by atoms with Crippen LogP contribution < -0.4 is 10.6 Å². The number of carbonyl (C=O) groups excluding carboxylic acids is 1. The van der Waals surface area contributed by atoms with Crippen LogP contribution in [0.3, 0.4) is 0 Å². The third-order valence-electron chi connectivity index (χ3n) is 3.44. The predicted octanol–water partition coefficient (Wildman–Crippen LogP) is 3.31. The van der Waals surface area contributed by atoms with Crippen LogP contribution >= 0.6 is 23.2 Å². The molecule has 3 nitrogen and oxygen atoms in total. The van der Waals surface area contributed by atoms with Crippen molar-refractivity contribution in [2.24, 2.45) is 0 Å². The van der Waals surface area contributed by atoms with Gasteiger partial charge in [-0.25, -0.2) is 0 Å². The van der Waals surface area contributed by atoms with E-state index in [1.807, 2.05) is 12.1 Å². The fourth-order valence-corrected chi connectivity index (χ4v) is 2.66. The third-order valence-corrected chi connectivity index (χ3v) is 4.18. The quantitative estimate of drug-likeness (QED) is 0.896. The zero-order chi connectivity index (χ0) is 13.8. The van der Waals surface area contributed by atoms with Gasteiger partial charge in [0.2, 0.25) is 5.91 Å². The van der Waals surface area contributed by atoms with E-state index in [2.05, 4.69) is 17.6 Å². The van der Waals surface area contributed by atoms with E-state index in [0.29, 0.717) is 10.0 Å². The van der Waals surface area contributed by atoms with Gasteiger partial charge in [-0.3, -0.25) is 10.1 Å². The Bertz CT molecular complexity index is 465. The summed E-state index contributed by atoms with van der Waals surface area (Å²) in [5, 5.41) is 7.39. The molecule has 1 aromatic rings. The molecule has 2 rings (SSSR count). The van der Waals surface area contributed by atoms with Gasteiger partial charge in [0.05, 0.1) is 16.1 Å². The van der Waals surface area contributed by atoms with Gasteiger partial charge in [0.25, 0.3) is 0 Å². The van der Waals surface area contributed by atoms with E-state index in [0.717, 1.165) is 31.4 Å². The summed E-state index contributed by atoms with van der Waals surface area (Å²) in [5.74, 6) is 0.0877. The number of piperidine rings is 1. The Labute approximate surface area is 123 Å². The Morgan fingerprint density at radius 3 is 2.84 bits per heavy atom. The van der Waals surface area contributed by atoms with Crippen LogP contribution in [0.25, 0.3) is 0 Å². The molecule has 1 aliphatic heterocycles. The molecule has 0 aliphatic carbocycles. The highest BCUT2D eigenvalue weighted by atomic mass is 35.5. The van der Waals surface area contributed by atoms with Crippen molar-refractivity contribution in [3.63, 3.8) is 0 Å². The van der Waals surface area contributed by atoms with Gasteiger partial charge in [-0.15, -0.1) is 0 Å². The van der Waals surface area contributed by atoms with Crippen LogP contribution in [-0.2, 0) is 4.79 Å². The smallest absolute Gasteiger partial charge is 0.237 e. The Kier molecular flexibility index (Phi) is 5.08. The van der Waals surface area contributed by atoms with Crippen molar-refractivity contribution in [2.45, 2.75) is 38.3 Å². The molecule has 0 spiro atoms. The summed E-state index contributed by atoms with van der Waals surface area (Å²) >= 11 is 12.0. The van der Waals surface area contributed by atoms with Gasteiger partial charge in [-0.05, 0) is 37.0 Å². The van der Waals surface area contributed by atoms with Crippen LogP contribution in [0.5, 0.6) is 0 Å². The van der Waals surface area contributed by atoms with Gasteiger partial charge in [-0.1, -0.05) is 36.2 Å². The fraction of sp³-hybridized carbons (Fsp3) is 0.500. The van der Waals surface area contributed by atoms with Crippen LogP contribution in [0, 0.1) is 0 Å². The molecule has 1 aliphatic rings. The number of hydrogen-bond donors (Lipinski definition) is 2. The molecule has 1 heterocycles. The maximum Gasteiger partial charge on any atom is 0.237 e. The molecule has 0 bridgehead atoms. The predicted molar refractivity (Wildman–Crippen MR) is 78.7 cm³/mol. The van der Waals surface area contributed by atoms with E-state index >= 15 is 0 Å². The second-order valence-corrected chi connectivity index (χ2v) is 5.60.